The Hall–Kier alpha value is -2.25. The number of aldehydes is 1. The Bertz CT molecular complexity index is 562. The first-order chi connectivity index (χ1) is 12.5. The molecule has 0 aromatic heterocycles. The maximum absolute atomic E-state index is 11.4. The second-order valence-electron chi connectivity index (χ2n) is 6.12. The van der Waals surface area contributed by atoms with Gasteiger partial charge in [-0.05, 0) is 37.6 Å². The molecule has 1 unspecified atom stereocenters. The van der Waals surface area contributed by atoms with Crippen molar-refractivity contribution in [1.29, 1.82) is 0 Å². The number of ether oxygens (including phenoxy) is 1. The zero-order valence-corrected chi connectivity index (χ0v) is 15.8. The third-order valence-electron chi connectivity index (χ3n) is 4.15. The summed E-state index contributed by atoms with van der Waals surface area (Å²) in [5.41, 5.74) is 1.85. The first-order valence-corrected chi connectivity index (χ1v) is 8.81. The van der Waals surface area contributed by atoms with Crippen molar-refractivity contribution < 1.29 is 19.1 Å². The minimum Gasteiger partial charge on any atom is -0.383 e. The number of hydrogen-bond donors (Lipinski definition) is 1. The lowest BCUT2D eigenvalue weighted by molar-refractivity contribution is -0.131. The zero-order chi connectivity index (χ0) is 19.4. The second kappa shape index (κ2) is 12.2. The van der Waals surface area contributed by atoms with Crippen LogP contribution in [0.2, 0.25) is 0 Å². The Morgan fingerprint density at radius 3 is 2.42 bits per heavy atom. The maximum atomic E-state index is 11.4. The molecule has 144 valence electrons. The molecule has 0 fully saturated rings. The first-order valence-electron chi connectivity index (χ1n) is 8.81. The Balaban J connectivity index is 2.59. The predicted molar refractivity (Wildman–Crippen MR) is 101 cm³/mol. The summed E-state index contributed by atoms with van der Waals surface area (Å²) in [6, 6.07) is 7.50. The van der Waals surface area contributed by atoms with Gasteiger partial charge in [-0.25, -0.2) is 0 Å². The number of nitrogens with zero attached hydrogens (tertiary/aromatic N) is 2. The molecule has 7 nitrogen and oxygen atoms in total. The highest BCUT2D eigenvalue weighted by Gasteiger charge is 2.10. The molecule has 7 heteroatoms. The van der Waals surface area contributed by atoms with E-state index in [1.807, 2.05) is 31.2 Å². The smallest absolute Gasteiger partial charge is 0.284 e. The van der Waals surface area contributed by atoms with Gasteiger partial charge < -0.3 is 15.0 Å². The van der Waals surface area contributed by atoms with Crippen LogP contribution < -0.4 is 10.2 Å². The van der Waals surface area contributed by atoms with Crippen molar-refractivity contribution in [2.45, 2.75) is 26.3 Å². The van der Waals surface area contributed by atoms with E-state index in [2.05, 4.69) is 17.1 Å². The van der Waals surface area contributed by atoms with Crippen molar-refractivity contribution in [2.75, 3.05) is 44.8 Å². The van der Waals surface area contributed by atoms with Crippen LogP contribution in [0.3, 0.4) is 0 Å². The minimum atomic E-state index is -0.616. The van der Waals surface area contributed by atoms with Crippen LogP contribution in [0.15, 0.2) is 24.3 Å². The van der Waals surface area contributed by atoms with Crippen LogP contribution >= 0.6 is 0 Å². The molecular weight excluding hydrogens is 334 g/mol. The van der Waals surface area contributed by atoms with Crippen LogP contribution in [0.4, 0.5) is 5.69 Å². The minimum absolute atomic E-state index is 0.139. The summed E-state index contributed by atoms with van der Waals surface area (Å²) in [5.74, 6) is -0.616. The number of anilines is 1. The number of carbonyl (C=O) groups excluding carboxylic acids is 3. The van der Waals surface area contributed by atoms with E-state index >= 15 is 0 Å². The van der Waals surface area contributed by atoms with E-state index in [9.17, 15) is 14.4 Å². The van der Waals surface area contributed by atoms with E-state index in [1.54, 1.807) is 12.0 Å². The van der Waals surface area contributed by atoms with Gasteiger partial charge >= 0.3 is 0 Å². The molecule has 1 aromatic carbocycles. The maximum Gasteiger partial charge on any atom is 0.284 e. The number of benzene rings is 1. The summed E-state index contributed by atoms with van der Waals surface area (Å²) in [6.45, 7) is 7.71. The van der Waals surface area contributed by atoms with Crippen LogP contribution in [0, 0.1) is 0 Å². The number of rotatable bonds is 13. The largest absolute Gasteiger partial charge is 0.383 e. The highest BCUT2D eigenvalue weighted by atomic mass is 16.5. The lowest BCUT2D eigenvalue weighted by atomic mass is 10.1. The molecule has 1 rings (SSSR count). The van der Waals surface area contributed by atoms with Gasteiger partial charge in [0.2, 0.25) is 12.7 Å². The summed E-state index contributed by atoms with van der Waals surface area (Å²) in [6.07, 6.45) is 1.72. The fraction of sp³-hybridized carbons (Fsp3) is 0.526. The van der Waals surface area contributed by atoms with Crippen LogP contribution in [0.25, 0.3) is 0 Å². The molecule has 0 aliphatic carbocycles. The molecule has 0 spiro atoms. The van der Waals surface area contributed by atoms with Gasteiger partial charge in [0.25, 0.3) is 5.91 Å². The number of likely N-dealkylation sites (N-methyl/N-ethyl adjacent to an activating group) is 1. The van der Waals surface area contributed by atoms with Crippen LogP contribution in [0.5, 0.6) is 0 Å². The van der Waals surface area contributed by atoms with Crippen molar-refractivity contribution in [2.24, 2.45) is 0 Å². The van der Waals surface area contributed by atoms with Gasteiger partial charge in [-0.15, -0.1) is 0 Å². The van der Waals surface area contributed by atoms with Crippen LogP contribution in [0.1, 0.15) is 19.4 Å². The van der Waals surface area contributed by atoms with Gasteiger partial charge in [0.05, 0.1) is 6.61 Å². The summed E-state index contributed by atoms with van der Waals surface area (Å²) in [5, 5.41) is 2.59. The number of methoxy groups -OCH3 is 1. The van der Waals surface area contributed by atoms with Gasteiger partial charge in [0.15, 0.2) is 0 Å². The molecule has 0 saturated carbocycles. The summed E-state index contributed by atoms with van der Waals surface area (Å²) >= 11 is 0. The number of amides is 2. The number of carbonyl (C=O) groups is 3. The molecular formula is C19H29N3O4. The Labute approximate surface area is 155 Å². The third-order valence-corrected chi connectivity index (χ3v) is 4.15. The summed E-state index contributed by atoms with van der Waals surface area (Å²) in [4.78, 5) is 36.8. The average molecular weight is 363 g/mol. The molecule has 0 saturated heterocycles. The molecule has 1 N–H and O–H groups in total. The Morgan fingerprint density at radius 2 is 1.88 bits per heavy atom. The highest BCUT2D eigenvalue weighted by Crippen LogP contribution is 2.15. The van der Waals surface area contributed by atoms with Crippen molar-refractivity contribution >= 4 is 24.3 Å². The molecule has 2 amide bonds. The zero-order valence-electron chi connectivity index (χ0n) is 15.8. The Kier molecular flexibility index (Phi) is 10.2. The normalized spacial score (nSPS) is 11.8. The van der Waals surface area contributed by atoms with E-state index in [0.717, 1.165) is 37.3 Å². The van der Waals surface area contributed by atoms with E-state index in [1.165, 1.54) is 0 Å². The molecule has 1 atom stereocenters. The SMILES string of the molecule is CCN(CCOC)CCN(C=O)c1ccc(CC(C)NC(=O)C=O)cc1. The van der Waals surface area contributed by atoms with Crippen LogP contribution in [-0.2, 0) is 25.5 Å². The number of nitrogens with one attached hydrogen (secondary N) is 1. The van der Waals surface area contributed by atoms with Gasteiger partial charge in [0, 0.05) is 38.5 Å². The van der Waals surface area contributed by atoms with Gasteiger partial charge in [-0.2, -0.15) is 0 Å². The second-order valence-corrected chi connectivity index (χ2v) is 6.12. The molecule has 26 heavy (non-hydrogen) atoms. The first kappa shape index (κ1) is 21.8. The lowest BCUT2D eigenvalue weighted by Crippen LogP contribution is -2.36. The monoisotopic (exact) mass is 363 g/mol. The summed E-state index contributed by atoms with van der Waals surface area (Å²) < 4.78 is 5.10. The molecule has 1 aromatic rings. The third kappa shape index (κ3) is 7.76. The fourth-order valence-corrected chi connectivity index (χ4v) is 2.65. The van der Waals surface area contributed by atoms with E-state index in [-0.39, 0.29) is 12.3 Å². The fourth-order valence-electron chi connectivity index (χ4n) is 2.65. The number of hydrogen-bond acceptors (Lipinski definition) is 5. The van der Waals surface area contributed by atoms with E-state index in [0.29, 0.717) is 19.6 Å². The van der Waals surface area contributed by atoms with Gasteiger partial charge in [-0.3, -0.25) is 19.3 Å². The average Bonchev–Trinajstić information content (AvgIpc) is 2.65. The lowest BCUT2D eigenvalue weighted by Gasteiger charge is -2.24. The Morgan fingerprint density at radius 1 is 1.19 bits per heavy atom. The van der Waals surface area contributed by atoms with Crippen molar-refractivity contribution in [1.82, 2.24) is 10.2 Å². The predicted octanol–water partition coefficient (Wildman–Crippen LogP) is 0.864. The molecule has 0 radical (unpaired) electrons. The van der Waals surface area contributed by atoms with Crippen molar-refractivity contribution in [3.05, 3.63) is 29.8 Å². The van der Waals surface area contributed by atoms with Gasteiger partial charge in [-0.1, -0.05) is 19.1 Å². The topological polar surface area (TPSA) is 79.0 Å². The van der Waals surface area contributed by atoms with E-state index < -0.39 is 5.91 Å². The van der Waals surface area contributed by atoms with Crippen molar-refractivity contribution in [3.8, 4) is 0 Å². The highest BCUT2D eigenvalue weighted by molar-refractivity contribution is 6.23. The summed E-state index contributed by atoms with van der Waals surface area (Å²) in [7, 11) is 1.68. The van der Waals surface area contributed by atoms with Gasteiger partial charge in [0.1, 0.15) is 0 Å². The molecule has 0 heterocycles. The quantitative estimate of drug-likeness (QED) is 0.415. The standard InChI is InChI=1S/C19H29N3O4/c1-4-21(11-12-26-3)9-10-22(15-24)18-7-5-17(6-8-18)13-16(2)20-19(25)14-23/h5-8,14-16H,4,9-13H2,1-3H3,(H,20,25). The van der Waals surface area contributed by atoms with E-state index in [4.69, 9.17) is 4.74 Å². The van der Waals surface area contributed by atoms with Crippen molar-refractivity contribution in [3.63, 3.8) is 0 Å². The molecule has 0 bridgehead atoms. The van der Waals surface area contributed by atoms with Crippen LogP contribution in [-0.4, -0.2) is 69.4 Å². The molecule has 0 aliphatic heterocycles. The molecule has 0 aliphatic rings.